The smallest absolute Gasteiger partial charge is 0.299 e. The number of hydrazone groups is 1. The van der Waals surface area contributed by atoms with Crippen LogP contribution in [-0.4, -0.2) is 42.0 Å². The largest absolute Gasteiger partial charge is 0.406 e. The van der Waals surface area contributed by atoms with E-state index in [2.05, 4.69) is 57.3 Å². The highest BCUT2D eigenvalue weighted by Crippen LogP contribution is 2.57. The third-order valence-corrected chi connectivity index (χ3v) is 6.84. The Morgan fingerprint density at radius 2 is 2.25 bits per heavy atom. The molecule has 0 radical (unpaired) electrons. The van der Waals surface area contributed by atoms with Crippen LogP contribution in [0.5, 0.6) is 0 Å². The number of para-hydroxylation sites is 1. The number of nitrogens with zero attached hydrogens (tertiary/aromatic N) is 3. The molecule has 1 aromatic carbocycles. The number of piperidine rings is 1. The second kappa shape index (κ2) is 6.48. The maximum absolute atomic E-state index is 11.2. The fraction of sp³-hybridized carbons (Fsp3) is 0.455. The Kier molecular flexibility index (Phi) is 4.05. The van der Waals surface area contributed by atoms with Crippen LogP contribution in [0, 0.1) is 5.41 Å². The SMILES string of the molecule is CC[C@@]12C=C(/C(=N/NC)OC=O)n3c4c(c5ccccc53)CCN(CCC1)[C@H]42. The minimum absolute atomic E-state index is 0.0356. The number of nitrogens with one attached hydrogen (secondary N) is 1. The van der Waals surface area contributed by atoms with Gasteiger partial charge in [-0.3, -0.25) is 9.69 Å². The van der Waals surface area contributed by atoms with Crippen molar-refractivity contribution >= 4 is 29.0 Å². The van der Waals surface area contributed by atoms with E-state index in [1.807, 2.05) is 0 Å². The molecule has 0 spiro atoms. The van der Waals surface area contributed by atoms with Gasteiger partial charge in [0.25, 0.3) is 12.4 Å². The van der Waals surface area contributed by atoms with Crippen LogP contribution < -0.4 is 5.43 Å². The van der Waals surface area contributed by atoms with Crippen LogP contribution in [-0.2, 0) is 16.0 Å². The Hall–Kier alpha value is -2.60. The second-order valence-electron chi connectivity index (χ2n) is 7.98. The lowest BCUT2D eigenvalue weighted by atomic mass is 9.66. The monoisotopic (exact) mass is 378 g/mol. The molecule has 0 aliphatic carbocycles. The average molecular weight is 378 g/mol. The molecule has 1 N–H and O–H groups in total. The summed E-state index contributed by atoms with van der Waals surface area (Å²) in [5.74, 6) is 0.329. The van der Waals surface area contributed by atoms with Gasteiger partial charge in [0.1, 0.15) is 5.70 Å². The molecule has 2 aromatic rings. The highest BCUT2D eigenvalue weighted by Gasteiger charge is 2.50. The van der Waals surface area contributed by atoms with E-state index in [0.717, 1.165) is 43.6 Å². The molecule has 0 bridgehead atoms. The first-order valence-corrected chi connectivity index (χ1v) is 10.2. The van der Waals surface area contributed by atoms with Gasteiger partial charge in [0.2, 0.25) is 0 Å². The van der Waals surface area contributed by atoms with Crippen LogP contribution in [0.15, 0.2) is 35.4 Å². The summed E-state index contributed by atoms with van der Waals surface area (Å²) < 4.78 is 7.65. The minimum Gasteiger partial charge on any atom is -0.406 e. The van der Waals surface area contributed by atoms with Crippen LogP contribution in [0.1, 0.15) is 43.5 Å². The molecule has 0 unspecified atom stereocenters. The van der Waals surface area contributed by atoms with Crippen LogP contribution in [0.2, 0.25) is 0 Å². The molecule has 1 aromatic heterocycles. The molecule has 1 saturated heterocycles. The van der Waals surface area contributed by atoms with E-state index in [9.17, 15) is 4.79 Å². The summed E-state index contributed by atoms with van der Waals surface area (Å²) in [6, 6.07) is 8.93. The van der Waals surface area contributed by atoms with Gasteiger partial charge >= 0.3 is 0 Å². The van der Waals surface area contributed by atoms with Crippen LogP contribution in [0.3, 0.4) is 0 Å². The summed E-state index contributed by atoms with van der Waals surface area (Å²) in [6.07, 6.45) is 6.77. The molecular formula is C22H26N4O2. The van der Waals surface area contributed by atoms with E-state index in [-0.39, 0.29) is 5.41 Å². The number of carbonyl (C=O) groups is 1. The standard InChI is InChI=1S/C22H26N4O2/c1-3-22-10-6-11-25-12-9-16-15-7-4-5-8-17(15)26(19(16)20(22)25)18(13-22)21(24-23-2)28-14-27/h4-5,7-8,13-14,20,23H,3,6,9-12H2,1-2H3/b24-21-/t20-,22+/m1/s1. The lowest BCUT2D eigenvalue weighted by molar-refractivity contribution is -0.121. The van der Waals surface area contributed by atoms with Crippen molar-refractivity contribution in [3.05, 3.63) is 41.6 Å². The molecular weight excluding hydrogens is 352 g/mol. The van der Waals surface area contributed by atoms with Crippen LogP contribution in [0.4, 0.5) is 0 Å². The van der Waals surface area contributed by atoms with Crippen molar-refractivity contribution in [3.8, 4) is 0 Å². The fourth-order valence-electron chi connectivity index (χ4n) is 5.73. The molecule has 0 saturated carbocycles. The Morgan fingerprint density at radius 3 is 3.04 bits per heavy atom. The Morgan fingerprint density at radius 1 is 1.39 bits per heavy atom. The Labute approximate surface area is 164 Å². The Balaban J connectivity index is 1.86. The first-order chi connectivity index (χ1) is 13.7. The highest BCUT2D eigenvalue weighted by atomic mass is 16.5. The number of rotatable bonds is 4. The van der Waals surface area contributed by atoms with Gasteiger partial charge in [0.05, 0.1) is 11.6 Å². The van der Waals surface area contributed by atoms with Crippen molar-refractivity contribution in [2.24, 2.45) is 10.5 Å². The highest BCUT2D eigenvalue weighted by molar-refractivity contribution is 6.18. The van der Waals surface area contributed by atoms with E-state index >= 15 is 0 Å². The number of aromatic nitrogens is 1. The summed E-state index contributed by atoms with van der Waals surface area (Å²) >= 11 is 0. The van der Waals surface area contributed by atoms with E-state index in [4.69, 9.17) is 4.74 Å². The summed E-state index contributed by atoms with van der Waals surface area (Å²) in [6.45, 7) is 5.00. The van der Waals surface area contributed by atoms with E-state index in [1.165, 1.54) is 23.1 Å². The molecule has 146 valence electrons. The maximum Gasteiger partial charge on any atom is 0.299 e. The molecule has 3 aliphatic heterocycles. The zero-order chi connectivity index (χ0) is 19.3. The lowest BCUT2D eigenvalue weighted by Gasteiger charge is -2.53. The summed E-state index contributed by atoms with van der Waals surface area (Å²) in [4.78, 5) is 13.9. The molecule has 0 amide bonds. The van der Waals surface area contributed by atoms with E-state index < -0.39 is 0 Å². The number of hydrogen-bond acceptors (Lipinski definition) is 5. The van der Waals surface area contributed by atoms with Gasteiger partial charge in [-0.15, -0.1) is 5.10 Å². The second-order valence-corrected chi connectivity index (χ2v) is 7.98. The van der Waals surface area contributed by atoms with E-state index in [0.29, 0.717) is 18.4 Å². The van der Waals surface area contributed by atoms with Crippen LogP contribution in [0.25, 0.3) is 16.6 Å². The third-order valence-electron chi connectivity index (χ3n) is 6.84. The minimum atomic E-state index is 0.0356. The zero-order valence-corrected chi connectivity index (χ0v) is 16.4. The van der Waals surface area contributed by atoms with Crippen molar-refractivity contribution in [1.82, 2.24) is 14.9 Å². The van der Waals surface area contributed by atoms with Crippen LogP contribution >= 0.6 is 0 Å². The van der Waals surface area contributed by atoms with Gasteiger partial charge in [-0.2, -0.15) is 0 Å². The van der Waals surface area contributed by atoms with Gasteiger partial charge in [-0.1, -0.05) is 25.1 Å². The molecule has 6 nitrogen and oxygen atoms in total. The number of hydrogen-bond donors (Lipinski definition) is 1. The van der Waals surface area contributed by atoms with Gasteiger partial charge in [-0.25, -0.2) is 0 Å². The quantitative estimate of drug-likeness (QED) is 0.384. The first-order valence-electron chi connectivity index (χ1n) is 10.2. The first kappa shape index (κ1) is 17.5. The molecule has 28 heavy (non-hydrogen) atoms. The maximum atomic E-state index is 11.2. The predicted octanol–water partition coefficient (Wildman–Crippen LogP) is 3.29. The predicted molar refractivity (Wildman–Crippen MR) is 110 cm³/mol. The molecule has 1 fully saturated rings. The van der Waals surface area contributed by atoms with Crippen molar-refractivity contribution in [2.75, 3.05) is 20.1 Å². The molecule has 3 aliphatic rings. The van der Waals surface area contributed by atoms with Gasteiger partial charge in [-0.05, 0) is 49.9 Å². The van der Waals surface area contributed by atoms with Gasteiger partial charge in [0, 0.05) is 30.1 Å². The molecule has 5 rings (SSSR count). The third kappa shape index (κ3) is 2.24. The molecule has 2 atom stereocenters. The number of carbonyl (C=O) groups excluding carboxylic acids is 1. The molecule has 6 heteroatoms. The normalized spacial score (nSPS) is 26.6. The van der Waals surface area contributed by atoms with Crippen molar-refractivity contribution in [3.63, 3.8) is 0 Å². The Bertz CT molecular complexity index is 1010. The van der Waals surface area contributed by atoms with Crippen molar-refractivity contribution in [2.45, 2.75) is 38.6 Å². The van der Waals surface area contributed by atoms with E-state index in [1.54, 1.807) is 7.05 Å². The number of benzene rings is 1. The summed E-state index contributed by atoms with van der Waals surface area (Å²) in [7, 11) is 1.72. The summed E-state index contributed by atoms with van der Waals surface area (Å²) in [5.41, 5.74) is 7.68. The van der Waals surface area contributed by atoms with Gasteiger partial charge < -0.3 is 14.7 Å². The number of ether oxygens (including phenoxy) is 1. The average Bonchev–Trinajstić information content (AvgIpc) is 3.07. The fourth-order valence-corrected chi connectivity index (χ4v) is 5.73. The summed E-state index contributed by atoms with van der Waals surface area (Å²) in [5, 5.41) is 5.60. The lowest BCUT2D eigenvalue weighted by Crippen LogP contribution is -2.51. The zero-order valence-electron chi connectivity index (χ0n) is 16.4. The van der Waals surface area contributed by atoms with Gasteiger partial charge in [0.15, 0.2) is 0 Å². The topological polar surface area (TPSA) is 58.9 Å². The number of fused-ring (bicyclic) bond motifs is 3. The van der Waals surface area contributed by atoms with Crippen molar-refractivity contribution in [1.29, 1.82) is 0 Å². The molecule has 4 heterocycles. The van der Waals surface area contributed by atoms with Crippen molar-refractivity contribution < 1.29 is 9.53 Å².